The second kappa shape index (κ2) is 4.84. The Hall–Kier alpha value is -0.570. The summed E-state index contributed by atoms with van der Waals surface area (Å²) in [4.78, 5) is 11.1. The zero-order valence-corrected chi connectivity index (χ0v) is 12.7. The fraction of sp³-hybridized carbons (Fsp3) is 0.933. The molecule has 0 saturated heterocycles. The second-order valence-corrected chi connectivity index (χ2v) is 7.57. The zero-order chi connectivity index (χ0) is 14.2. The van der Waals surface area contributed by atoms with Crippen molar-refractivity contribution in [3.63, 3.8) is 0 Å². The molecule has 1 aliphatic rings. The van der Waals surface area contributed by atoms with Crippen LogP contribution < -0.4 is 11.5 Å². The topological polar surface area (TPSA) is 69.1 Å². The lowest BCUT2D eigenvalue weighted by Gasteiger charge is -2.54. The highest BCUT2D eigenvalue weighted by Gasteiger charge is 2.49. The molecule has 3 nitrogen and oxygen atoms in total. The van der Waals surface area contributed by atoms with Gasteiger partial charge < -0.3 is 11.5 Å². The molecule has 3 heteroatoms. The third kappa shape index (κ3) is 2.87. The molecule has 1 saturated carbocycles. The summed E-state index contributed by atoms with van der Waals surface area (Å²) < 4.78 is 0. The van der Waals surface area contributed by atoms with Gasteiger partial charge in [-0.1, -0.05) is 34.6 Å². The molecule has 1 amide bonds. The fourth-order valence-electron chi connectivity index (χ4n) is 3.91. The van der Waals surface area contributed by atoms with Crippen LogP contribution in [-0.2, 0) is 4.79 Å². The van der Waals surface area contributed by atoms with E-state index in [1.165, 1.54) is 0 Å². The fourth-order valence-corrected chi connectivity index (χ4v) is 3.91. The van der Waals surface area contributed by atoms with Crippen LogP contribution in [0.1, 0.15) is 66.7 Å². The van der Waals surface area contributed by atoms with E-state index in [0.717, 1.165) is 25.7 Å². The van der Waals surface area contributed by atoms with Gasteiger partial charge in [0.15, 0.2) is 0 Å². The highest BCUT2D eigenvalue weighted by atomic mass is 16.1. The van der Waals surface area contributed by atoms with Crippen LogP contribution in [0.4, 0.5) is 0 Å². The van der Waals surface area contributed by atoms with Gasteiger partial charge in [0, 0.05) is 12.0 Å². The number of primary amides is 1. The van der Waals surface area contributed by atoms with Crippen molar-refractivity contribution in [1.29, 1.82) is 0 Å². The first-order valence-electron chi connectivity index (χ1n) is 7.10. The summed E-state index contributed by atoms with van der Waals surface area (Å²) in [7, 11) is 0. The summed E-state index contributed by atoms with van der Waals surface area (Å²) in [6.45, 7) is 11.6. The van der Waals surface area contributed by atoms with Gasteiger partial charge in [0.05, 0.1) is 0 Å². The van der Waals surface area contributed by atoms with Gasteiger partial charge >= 0.3 is 0 Å². The summed E-state index contributed by atoms with van der Waals surface area (Å²) in [5.74, 6) is 0.362. The van der Waals surface area contributed by atoms with Crippen LogP contribution in [0.5, 0.6) is 0 Å². The molecule has 0 atom stereocenters. The summed E-state index contributed by atoms with van der Waals surface area (Å²) in [5.41, 5.74) is 11.9. The van der Waals surface area contributed by atoms with Crippen molar-refractivity contribution < 1.29 is 4.79 Å². The number of nitrogens with two attached hydrogens (primary N) is 2. The molecule has 1 fully saturated rings. The molecule has 0 bridgehead atoms. The van der Waals surface area contributed by atoms with Gasteiger partial charge in [-0.2, -0.15) is 0 Å². The molecular weight excluding hydrogens is 224 g/mol. The molecular formula is C15H30N2O. The average molecular weight is 254 g/mol. The number of hydrogen-bond donors (Lipinski definition) is 2. The predicted molar refractivity (Wildman–Crippen MR) is 75.9 cm³/mol. The van der Waals surface area contributed by atoms with Gasteiger partial charge in [-0.05, 0) is 42.4 Å². The number of amides is 1. The Labute approximate surface area is 112 Å². The Kier molecular flexibility index (Phi) is 4.16. The van der Waals surface area contributed by atoms with Crippen molar-refractivity contribution in [3.05, 3.63) is 0 Å². The van der Waals surface area contributed by atoms with Crippen LogP contribution in [0.3, 0.4) is 0 Å². The average Bonchev–Trinajstić information content (AvgIpc) is 2.14. The first-order chi connectivity index (χ1) is 8.02. The molecule has 0 unspecified atom stereocenters. The third-order valence-corrected chi connectivity index (χ3v) is 5.26. The van der Waals surface area contributed by atoms with E-state index in [1.807, 2.05) is 0 Å². The largest absolute Gasteiger partial charge is 0.370 e. The third-order valence-electron chi connectivity index (χ3n) is 5.26. The van der Waals surface area contributed by atoms with E-state index in [9.17, 15) is 4.79 Å². The number of rotatable bonds is 3. The highest BCUT2D eigenvalue weighted by Crippen LogP contribution is 2.55. The van der Waals surface area contributed by atoms with Gasteiger partial charge in [-0.3, -0.25) is 4.79 Å². The molecule has 0 aromatic carbocycles. The van der Waals surface area contributed by atoms with Crippen LogP contribution in [-0.4, -0.2) is 11.4 Å². The van der Waals surface area contributed by atoms with Gasteiger partial charge in [-0.15, -0.1) is 0 Å². The van der Waals surface area contributed by atoms with E-state index in [-0.39, 0.29) is 16.9 Å². The van der Waals surface area contributed by atoms with Crippen LogP contribution in [0.15, 0.2) is 0 Å². The van der Waals surface area contributed by atoms with Crippen LogP contribution in [0.2, 0.25) is 0 Å². The lowest BCUT2D eigenvalue weighted by Crippen LogP contribution is -2.53. The molecule has 0 aliphatic heterocycles. The summed E-state index contributed by atoms with van der Waals surface area (Å²) >= 11 is 0. The van der Waals surface area contributed by atoms with Crippen LogP contribution >= 0.6 is 0 Å². The summed E-state index contributed by atoms with van der Waals surface area (Å²) in [6.07, 6.45) is 4.33. The first-order valence-corrected chi connectivity index (χ1v) is 7.10. The monoisotopic (exact) mass is 254 g/mol. The van der Waals surface area contributed by atoms with E-state index in [4.69, 9.17) is 11.5 Å². The number of hydrogen-bond acceptors (Lipinski definition) is 2. The maximum Gasteiger partial charge on any atom is 0.219 e. The van der Waals surface area contributed by atoms with Crippen molar-refractivity contribution >= 4 is 5.91 Å². The Balaban J connectivity index is 2.85. The second-order valence-electron chi connectivity index (χ2n) is 7.57. The van der Waals surface area contributed by atoms with Gasteiger partial charge in [0.1, 0.15) is 0 Å². The first kappa shape index (κ1) is 15.5. The SMILES string of the molecule is CC(C)C1(C(C)(C)C)CCC(N)(CC(N)=O)CC1. The van der Waals surface area contributed by atoms with Crippen LogP contribution in [0, 0.1) is 16.7 Å². The van der Waals surface area contributed by atoms with Gasteiger partial charge in [-0.25, -0.2) is 0 Å². The van der Waals surface area contributed by atoms with Crippen molar-refractivity contribution in [2.45, 2.75) is 72.3 Å². The molecule has 0 radical (unpaired) electrons. The van der Waals surface area contributed by atoms with Gasteiger partial charge in [0.25, 0.3) is 0 Å². The Morgan fingerprint density at radius 2 is 1.61 bits per heavy atom. The molecule has 0 spiro atoms. The molecule has 0 aromatic rings. The maximum absolute atomic E-state index is 11.1. The molecule has 1 rings (SSSR count). The summed E-state index contributed by atoms with van der Waals surface area (Å²) in [6, 6.07) is 0. The number of carbonyl (C=O) groups excluding carboxylic acids is 1. The Morgan fingerprint density at radius 1 is 1.17 bits per heavy atom. The van der Waals surface area contributed by atoms with Crippen LogP contribution in [0.25, 0.3) is 0 Å². The molecule has 0 heterocycles. The minimum Gasteiger partial charge on any atom is -0.370 e. The van der Waals surface area contributed by atoms with Crippen molar-refractivity contribution in [3.8, 4) is 0 Å². The minimum atomic E-state index is -0.366. The van der Waals surface area contributed by atoms with E-state index in [2.05, 4.69) is 34.6 Å². The zero-order valence-electron chi connectivity index (χ0n) is 12.7. The lowest BCUT2D eigenvalue weighted by molar-refractivity contribution is -0.120. The standard InChI is InChI=1S/C15H30N2O/c1-11(2)15(13(3,4)5)8-6-14(17,7-9-15)10-12(16)18/h11H,6-10,17H2,1-5H3,(H2,16,18). The number of carbonyl (C=O) groups is 1. The maximum atomic E-state index is 11.1. The normalized spacial score (nSPS) is 33.7. The smallest absolute Gasteiger partial charge is 0.219 e. The van der Waals surface area contributed by atoms with Gasteiger partial charge in [0.2, 0.25) is 5.91 Å². The molecule has 1 aliphatic carbocycles. The van der Waals surface area contributed by atoms with E-state index in [1.54, 1.807) is 0 Å². The quantitative estimate of drug-likeness (QED) is 0.813. The molecule has 0 aromatic heterocycles. The van der Waals surface area contributed by atoms with E-state index in [0.29, 0.717) is 17.8 Å². The van der Waals surface area contributed by atoms with Crippen molar-refractivity contribution in [2.75, 3.05) is 0 Å². The van der Waals surface area contributed by atoms with Crippen molar-refractivity contribution in [2.24, 2.45) is 28.2 Å². The predicted octanol–water partition coefficient (Wildman–Crippen LogP) is 2.82. The molecule has 4 N–H and O–H groups in total. The molecule has 106 valence electrons. The Bertz CT molecular complexity index is 307. The van der Waals surface area contributed by atoms with E-state index >= 15 is 0 Å². The lowest BCUT2D eigenvalue weighted by atomic mass is 9.52. The van der Waals surface area contributed by atoms with Crippen molar-refractivity contribution in [1.82, 2.24) is 0 Å². The highest BCUT2D eigenvalue weighted by molar-refractivity contribution is 5.75. The van der Waals surface area contributed by atoms with E-state index < -0.39 is 0 Å². The minimum absolute atomic E-state index is 0.273. The Morgan fingerprint density at radius 3 is 1.89 bits per heavy atom. The summed E-state index contributed by atoms with van der Waals surface area (Å²) in [5, 5.41) is 0. The molecule has 18 heavy (non-hydrogen) atoms.